The molecule has 0 unspecified atom stereocenters. The predicted molar refractivity (Wildman–Crippen MR) is 122 cm³/mol. The molecule has 164 valence electrons. The number of thioether (sulfide) groups is 1. The lowest BCUT2D eigenvalue weighted by Crippen LogP contribution is -2.33. The standard InChI is InChI=1S/C23H27FN4O2S/c1-5-28(6-2)20-13-9-18(10-14-20)22-26-27-23(30-22)31-16(4)21(29)25-15(3)17-7-11-19(24)12-8-17/h7-16H,5-6H2,1-4H3,(H,25,29)/t15-,16+/m0/s1. The van der Waals surface area contributed by atoms with Crippen molar-refractivity contribution in [3.8, 4) is 11.5 Å². The van der Waals surface area contributed by atoms with E-state index in [0.717, 1.165) is 29.9 Å². The Morgan fingerprint density at radius 2 is 1.71 bits per heavy atom. The highest BCUT2D eigenvalue weighted by molar-refractivity contribution is 8.00. The van der Waals surface area contributed by atoms with E-state index in [1.165, 1.54) is 23.9 Å². The maximum Gasteiger partial charge on any atom is 0.277 e. The van der Waals surface area contributed by atoms with Gasteiger partial charge in [0.1, 0.15) is 5.82 Å². The summed E-state index contributed by atoms with van der Waals surface area (Å²) in [5.74, 6) is -0.0490. The molecule has 0 saturated heterocycles. The number of carbonyl (C=O) groups excluding carboxylic acids is 1. The van der Waals surface area contributed by atoms with Gasteiger partial charge in [-0.25, -0.2) is 4.39 Å². The fourth-order valence-corrected chi connectivity index (χ4v) is 3.84. The minimum atomic E-state index is -0.429. The zero-order valence-electron chi connectivity index (χ0n) is 18.1. The molecule has 3 aromatic rings. The van der Waals surface area contributed by atoms with Crippen molar-refractivity contribution < 1.29 is 13.6 Å². The van der Waals surface area contributed by atoms with Crippen molar-refractivity contribution in [3.05, 3.63) is 59.9 Å². The smallest absolute Gasteiger partial charge is 0.277 e. The van der Waals surface area contributed by atoms with Crippen LogP contribution in [0.1, 0.15) is 39.3 Å². The second-order valence-electron chi connectivity index (χ2n) is 7.13. The van der Waals surface area contributed by atoms with Crippen LogP contribution in [0.3, 0.4) is 0 Å². The molecule has 2 aromatic carbocycles. The van der Waals surface area contributed by atoms with Crippen LogP contribution in [0.5, 0.6) is 0 Å². The van der Waals surface area contributed by atoms with Crippen LogP contribution in [0.4, 0.5) is 10.1 Å². The van der Waals surface area contributed by atoms with Gasteiger partial charge in [-0.3, -0.25) is 4.79 Å². The Bertz CT molecular complexity index is 988. The minimum absolute atomic E-state index is 0.162. The number of hydrogen-bond acceptors (Lipinski definition) is 6. The molecule has 1 N–H and O–H groups in total. The van der Waals surface area contributed by atoms with E-state index in [0.29, 0.717) is 11.1 Å². The van der Waals surface area contributed by atoms with Crippen LogP contribution in [0.15, 0.2) is 58.2 Å². The molecular formula is C23H27FN4O2S. The van der Waals surface area contributed by atoms with Crippen LogP contribution in [-0.4, -0.2) is 34.4 Å². The van der Waals surface area contributed by atoms with Gasteiger partial charge in [0.25, 0.3) is 5.22 Å². The number of aromatic nitrogens is 2. The summed E-state index contributed by atoms with van der Waals surface area (Å²) in [6, 6.07) is 13.8. The molecule has 31 heavy (non-hydrogen) atoms. The van der Waals surface area contributed by atoms with Gasteiger partial charge in [0.2, 0.25) is 11.8 Å². The van der Waals surface area contributed by atoms with Crippen LogP contribution in [0, 0.1) is 5.82 Å². The van der Waals surface area contributed by atoms with Gasteiger partial charge < -0.3 is 14.6 Å². The monoisotopic (exact) mass is 442 g/mol. The average molecular weight is 443 g/mol. The van der Waals surface area contributed by atoms with Crippen LogP contribution < -0.4 is 10.2 Å². The van der Waals surface area contributed by atoms with E-state index in [9.17, 15) is 9.18 Å². The molecule has 1 aromatic heterocycles. The van der Waals surface area contributed by atoms with Crippen LogP contribution in [0.2, 0.25) is 0 Å². The summed E-state index contributed by atoms with van der Waals surface area (Å²) in [5.41, 5.74) is 2.81. The summed E-state index contributed by atoms with van der Waals surface area (Å²) in [6.45, 7) is 9.76. The first-order chi connectivity index (χ1) is 14.9. The second-order valence-corrected chi connectivity index (χ2v) is 8.43. The second kappa shape index (κ2) is 10.4. The Morgan fingerprint density at radius 1 is 1.06 bits per heavy atom. The highest BCUT2D eigenvalue weighted by atomic mass is 32.2. The number of rotatable bonds is 9. The molecule has 0 aliphatic carbocycles. The molecule has 0 radical (unpaired) electrons. The van der Waals surface area contributed by atoms with E-state index >= 15 is 0 Å². The lowest BCUT2D eigenvalue weighted by atomic mass is 10.1. The predicted octanol–water partition coefficient (Wildman–Crippen LogP) is 5.08. The summed E-state index contributed by atoms with van der Waals surface area (Å²) in [7, 11) is 0. The molecule has 0 aliphatic rings. The molecule has 8 heteroatoms. The maximum atomic E-state index is 13.1. The molecule has 0 aliphatic heterocycles. The molecular weight excluding hydrogens is 415 g/mol. The number of halogens is 1. The normalized spacial score (nSPS) is 12.9. The van der Waals surface area contributed by atoms with Gasteiger partial charge in [-0.2, -0.15) is 0 Å². The van der Waals surface area contributed by atoms with Crippen LogP contribution in [-0.2, 0) is 4.79 Å². The van der Waals surface area contributed by atoms with Crippen molar-refractivity contribution in [2.75, 3.05) is 18.0 Å². The summed E-state index contributed by atoms with van der Waals surface area (Å²) in [4.78, 5) is 14.8. The van der Waals surface area contributed by atoms with Gasteiger partial charge in [0.15, 0.2) is 0 Å². The van der Waals surface area contributed by atoms with Crippen molar-refractivity contribution in [2.24, 2.45) is 0 Å². The number of amides is 1. The van der Waals surface area contributed by atoms with E-state index in [1.54, 1.807) is 19.1 Å². The summed E-state index contributed by atoms with van der Waals surface area (Å²) >= 11 is 1.20. The molecule has 0 fully saturated rings. The largest absolute Gasteiger partial charge is 0.411 e. The number of benzene rings is 2. The fraction of sp³-hybridized carbons (Fsp3) is 0.348. The molecule has 3 rings (SSSR count). The molecule has 0 spiro atoms. The Morgan fingerprint density at radius 3 is 2.32 bits per heavy atom. The first-order valence-corrected chi connectivity index (χ1v) is 11.2. The lowest BCUT2D eigenvalue weighted by molar-refractivity contribution is -0.120. The van der Waals surface area contributed by atoms with Gasteiger partial charge in [-0.15, -0.1) is 10.2 Å². The lowest BCUT2D eigenvalue weighted by Gasteiger charge is -2.20. The van der Waals surface area contributed by atoms with E-state index in [1.807, 2.05) is 31.2 Å². The highest BCUT2D eigenvalue weighted by Gasteiger charge is 2.20. The molecule has 6 nitrogen and oxygen atoms in total. The van der Waals surface area contributed by atoms with Gasteiger partial charge in [0, 0.05) is 24.3 Å². The number of hydrogen-bond donors (Lipinski definition) is 1. The number of anilines is 1. The van der Waals surface area contributed by atoms with E-state index in [-0.39, 0.29) is 17.8 Å². The zero-order chi connectivity index (χ0) is 22.4. The van der Waals surface area contributed by atoms with E-state index in [4.69, 9.17) is 4.42 Å². The quantitative estimate of drug-likeness (QED) is 0.466. The van der Waals surface area contributed by atoms with Crippen molar-refractivity contribution in [1.82, 2.24) is 15.5 Å². The van der Waals surface area contributed by atoms with Crippen molar-refractivity contribution in [3.63, 3.8) is 0 Å². The molecule has 1 amide bonds. The maximum absolute atomic E-state index is 13.1. The van der Waals surface area contributed by atoms with Gasteiger partial charge in [-0.05, 0) is 69.7 Å². The first kappa shape index (κ1) is 22.8. The van der Waals surface area contributed by atoms with Gasteiger partial charge in [-0.1, -0.05) is 23.9 Å². The Balaban J connectivity index is 1.59. The topological polar surface area (TPSA) is 71.3 Å². The van der Waals surface area contributed by atoms with Crippen molar-refractivity contribution in [2.45, 2.75) is 44.2 Å². The Kier molecular flexibility index (Phi) is 7.68. The first-order valence-electron chi connectivity index (χ1n) is 10.3. The summed E-state index contributed by atoms with van der Waals surface area (Å²) in [6.07, 6.45) is 0. The number of nitrogens with one attached hydrogen (secondary N) is 1. The third kappa shape index (κ3) is 5.85. The Hall–Kier alpha value is -2.87. The third-order valence-electron chi connectivity index (χ3n) is 5.02. The SMILES string of the molecule is CCN(CC)c1ccc(-c2nnc(S[C@H](C)C(=O)N[C@@H](C)c3ccc(F)cc3)o2)cc1. The summed E-state index contributed by atoms with van der Waals surface area (Å²) < 4.78 is 18.8. The van der Waals surface area contributed by atoms with Crippen molar-refractivity contribution in [1.29, 1.82) is 0 Å². The Labute approximate surface area is 186 Å². The zero-order valence-corrected chi connectivity index (χ0v) is 18.9. The molecule has 1 heterocycles. The summed E-state index contributed by atoms with van der Waals surface area (Å²) in [5, 5.41) is 11.0. The van der Waals surface area contributed by atoms with Crippen molar-refractivity contribution >= 4 is 23.4 Å². The van der Waals surface area contributed by atoms with Crippen LogP contribution >= 0.6 is 11.8 Å². The van der Waals surface area contributed by atoms with E-state index < -0.39 is 5.25 Å². The highest BCUT2D eigenvalue weighted by Crippen LogP contribution is 2.28. The number of carbonyl (C=O) groups is 1. The molecule has 0 saturated carbocycles. The van der Waals surface area contributed by atoms with Crippen LogP contribution in [0.25, 0.3) is 11.5 Å². The fourth-order valence-electron chi connectivity index (χ4n) is 3.15. The van der Waals surface area contributed by atoms with Gasteiger partial charge in [0.05, 0.1) is 11.3 Å². The molecule has 2 atom stereocenters. The van der Waals surface area contributed by atoms with E-state index in [2.05, 4.69) is 34.3 Å². The minimum Gasteiger partial charge on any atom is -0.411 e. The third-order valence-corrected chi connectivity index (χ3v) is 5.96. The average Bonchev–Trinajstić information content (AvgIpc) is 3.24. The number of nitrogens with zero attached hydrogens (tertiary/aromatic N) is 3. The van der Waals surface area contributed by atoms with Gasteiger partial charge >= 0.3 is 0 Å². The molecule has 0 bridgehead atoms.